The Morgan fingerprint density at radius 1 is 0.968 bits per heavy atom. The summed E-state index contributed by atoms with van der Waals surface area (Å²) in [5.74, 6) is 1.73. The van der Waals surface area contributed by atoms with Gasteiger partial charge in [0.2, 0.25) is 0 Å². The maximum atomic E-state index is 13.3. The number of furan rings is 1. The predicted molar refractivity (Wildman–Crippen MR) is 114 cm³/mol. The van der Waals surface area contributed by atoms with Crippen LogP contribution in [0.5, 0.6) is 11.5 Å². The van der Waals surface area contributed by atoms with Crippen LogP contribution in [0.1, 0.15) is 16.9 Å². The zero-order chi connectivity index (χ0) is 22.1. The van der Waals surface area contributed by atoms with E-state index in [0.717, 1.165) is 11.1 Å². The lowest BCUT2D eigenvalue weighted by molar-refractivity contribution is 0.00252. The average Bonchev–Trinajstić information content (AvgIpc) is 3.28. The van der Waals surface area contributed by atoms with Gasteiger partial charge in [-0.3, -0.25) is 4.90 Å². The maximum absolute atomic E-state index is 13.3. The minimum absolute atomic E-state index is 0.173. The average molecular weight is 429 g/mol. The van der Waals surface area contributed by atoms with Gasteiger partial charge in [0.1, 0.15) is 18.2 Å². The van der Waals surface area contributed by atoms with E-state index in [1.165, 1.54) is 12.1 Å². The summed E-state index contributed by atoms with van der Waals surface area (Å²) < 4.78 is 34.8. The number of halogens is 1. The van der Waals surface area contributed by atoms with Crippen LogP contribution in [-0.4, -0.2) is 43.5 Å². The van der Waals surface area contributed by atoms with E-state index < -0.39 is 6.10 Å². The summed E-state index contributed by atoms with van der Waals surface area (Å²) >= 11 is 0. The number of methoxy groups -OCH3 is 2. The summed E-state index contributed by atoms with van der Waals surface area (Å²) in [5, 5.41) is 10.5. The molecule has 0 saturated carbocycles. The monoisotopic (exact) mass is 429 g/mol. The second kappa shape index (κ2) is 11.5. The SMILES string of the molecule is COc1ccc(CN(Cc2ccc(F)cc2)C[C@@H](O)COCc2ccco2)cc1OC. The fraction of sp³-hybridized carbons (Fsp3) is 0.333. The molecule has 166 valence electrons. The van der Waals surface area contributed by atoms with Crippen LogP contribution in [0.2, 0.25) is 0 Å². The lowest BCUT2D eigenvalue weighted by atomic mass is 10.1. The molecule has 31 heavy (non-hydrogen) atoms. The summed E-state index contributed by atoms with van der Waals surface area (Å²) in [7, 11) is 3.19. The summed E-state index contributed by atoms with van der Waals surface area (Å²) in [4.78, 5) is 2.08. The first-order chi connectivity index (χ1) is 15.1. The lowest BCUT2D eigenvalue weighted by Crippen LogP contribution is -2.34. The van der Waals surface area contributed by atoms with Gasteiger partial charge in [-0.15, -0.1) is 0 Å². The topological polar surface area (TPSA) is 64.3 Å². The van der Waals surface area contributed by atoms with Gasteiger partial charge in [0, 0.05) is 19.6 Å². The highest BCUT2D eigenvalue weighted by Gasteiger charge is 2.15. The number of benzene rings is 2. The molecule has 3 rings (SSSR count). The number of hydrogen-bond acceptors (Lipinski definition) is 6. The van der Waals surface area contributed by atoms with Gasteiger partial charge in [-0.25, -0.2) is 4.39 Å². The molecule has 0 saturated heterocycles. The molecular formula is C24H28FNO5. The fourth-order valence-corrected chi connectivity index (χ4v) is 3.31. The Balaban J connectivity index is 1.65. The van der Waals surface area contributed by atoms with Crippen LogP contribution in [-0.2, 0) is 24.4 Å². The third-order valence-corrected chi connectivity index (χ3v) is 4.78. The zero-order valence-electron chi connectivity index (χ0n) is 17.8. The van der Waals surface area contributed by atoms with Gasteiger partial charge in [-0.2, -0.15) is 0 Å². The van der Waals surface area contributed by atoms with E-state index in [4.69, 9.17) is 18.6 Å². The van der Waals surface area contributed by atoms with Crippen LogP contribution in [0.3, 0.4) is 0 Å². The lowest BCUT2D eigenvalue weighted by Gasteiger charge is -2.25. The standard InChI is InChI=1S/C24H28FNO5/c1-28-23-10-7-19(12-24(23)29-2)14-26(13-18-5-8-20(25)9-6-18)15-21(27)16-30-17-22-4-3-11-31-22/h3-12,21,27H,13-17H2,1-2H3/t21-/m1/s1. The van der Waals surface area contributed by atoms with Crippen LogP contribution < -0.4 is 9.47 Å². The van der Waals surface area contributed by atoms with Crippen molar-refractivity contribution in [3.63, 3.8) is 0 Å². The molecule has 1 aromatic heterocycles. The molecule has 0 spiro atoms. The third-order valence-electron chi connectivity index (χ3n) is 4.78. The molecular weight excluding hydrogens is 401 g/mol. The fourth-order valence-electron chi connectivity index (χ4n) is 3.31. The molecule has 2 aromatic carbocycles. The summed E-state index contributed by atoms with van der Waals surface area (Å²) in [5.41, 5.74) is 1.95. The van der Waals surface area contributed by atoms with E-state index in [9.17, 15) is 9.50 Å². The Kier molecular flexibility index (Phi) is 8.46. The number of aliphatic hydroxyl groups excluding tert-OH is 1. The van der Waals surface area contributed by atoms with E-state index >= 15 is 0 Å². The first-order valence-electron chi connectivity index (χ1n) is 10.0. The molecule has 0 fully saturated rings. The molecule has 0 aliphatic heterocycles. The van der Waals surface area contributed by atoms with Crippen molar-refractivity contribution in [1.29, 1.82) is 0 Å². The van der Waals surface area contributed by atoms with Crippen molar-refractivity contribution in [2.75, 3.05) is 27.4 Å². The smallest absolute Gasteiger partial charge is 0.161 e. The normalized spacial score (nSPS) is 12.2. The van der Waals surface area contributed by atoms with Crippen molar-refractivity contribution in [2.45, 2.75) is 25.8 Å². The Labute approximate surface area is 181 Å². The van der Waals surface area contributed by atoms with Gasteiger partial charge < -0.3 is 23.7 Å². The second-order valence-corrected chi connectivity index (χ2v) is 7.23. The first kappa shape index (κ1) is 22.8. The van der Waals surface area contributed by atoms with Gasteiger partial charge in [0.25, 0.3) is 0 Å². The Bertz CT molecular complexity index is 914. The van der Waals surface area contributed by atoms with Gasteiger partial charge in [0.05, 0.1) is 33.2 Å². The molecule has 0 amide bonds. The van der Waals surface area contributed by atoms with Crippen molar-refractivity contribution in [3.05, 3.63) is 83.6 Å². The highest BCUT2D eigenvalue weighted by molar-refractivity contribution is 5.42. The van der Waals surface area contributed by atoms with Gasteiger partial charge >= 0.3 is 0 Å². The molecule has 3 aromatic rings. The van der Waals surface area contributed by atoms with Gasteiger partial charge in [0.15, 0.2) is 11.5 Å². The number of nitrogens with zero attached hydrogens (tertiary/aromatic N) is 1. The van der Waals surface area contributed by atoms with Crippen molar-refractivity contribution in [3.8, 4) is 11.5 Å². The molecule has 0 unspecified atom stereocenters. The van der Waals surface area contributed by atoms with Crippen LogP contribution in [0.15, 0.2) is 65.3 Å². The van der Waals surface area contributed by atoms with E-state index in [0.29, 0.717) is 43.5 Å². The van der Waals surface area contributed by atoms with Crippen LogP contribution in [0.25, 0.3) is 0 Å². The number of aliphatic hydroxyl groups is 1. The molecule has 0 aliphatic rings. The largest absolute Gasteiger partial charge is 0.493 e. The molecule has 6 nitrogen and oxygen atoms in total. The molecule has 7 heteroatoms. The quantitative estimate of drug-likeness (QED) is 0.469. The van der Waals surface area contributed by atoms with Crippen molar-refractivity contribution < 1.29 is 28.1 Å². The molecule has 0 bridgehead atoms. The summed E-state index contributed by atoms with van der Waals surface area (Å²) in [6, 6.07) is 15.7. The maximum Gasteiger partial charge on any atom is 0.161 e. The molecule has 0 radical (unpaired) electrons. The first-order valence-corrected chi connectivity index (χ1v) is 10.0. The number of ether oxygens (including phenoxy) is 3. The molecule has 1 N–H and O–H groups in total. The minimum atomic E-state index is -0.699. The number of rotatable bonds is 12. The molecule has 1 atom stereocenters. The Morgan fingerprint density at radius 3 is 2.35 bits per heavy atom. The van der Waals surface area contributed by atoms with Crippen molar-refractivity contribution in [1.82, 2.24) is 4.90 Å². The van der Waals surface area contributed by atoms with Gasteiger partial charge in [-0.1, -0.05) is 18.2 Å². The van der Waals surface area contributed by atoms with E-state index in [1.54, 1.807) is 38.7 Å². The van der Waals surface area contributed by atoms with E-state index in [1.807, 2.05) is 24.3 Å². The predicted octanol–water partition coefficient (Wildman–Crippen LogP) is 4.02. The van der Waals surface area contributed by atoms with Crippen LogP contribution in [0, 0.1) is 5.82 Å². The Morgan fingerprint density at radius 2 is 1.68 bits per heavy atom. The summed E-state index contributed by atoms with van der Waals surface area (Å²) in [6.07, 6.45) is 0.887. The highest BCUT2D eigenvalue weighted by atomic mass is 19.1. The molecule has 1 heterocycles. The molecule has 0 aliphatic carbocycles. The highest BCUT2D eigenvalue weighted by Crippen LogP contribution is 2.28. The Hall–Kier alpha value is -2.87. The zero-order valence-corrected chi connectivity index (χ0v) is 17.8. The third kappa shape index (κ3) is 7.10. The van der Waals surface area contributed by atoms with Crippen LogP contribution in [0.4, 0.5) is 4.39 Å². The van der Waals surface area contributed by atoms with E-state index in [-0.39, 0.29) is 12.4 Å². The van der Waals surface area contributed by atoms with E-state index in [2.05, 4.69) is 4.90 Å². The second-order valence-electron chi connectivity index (χ2n) is 7.23. The minimum Gasteiger partial charge on any atom is -0.493 e. The van der Waals surface area contributed by atoms with Crippen LogP contribution >= 0.6 is 0 Å². The van der Waals surface area contributed by atoms with Crippen molar-refractivity contribution >= 4 is 0 Å². The number of hydrogen-bond donors (Lipinski definition) is 1. The van der Waals surface area contributed by atoms with Crippen molar-refractivity contribution in [2.24, 2.45) is 0 Å². The summed E-state index contributed by atoms with van der Waals surface area (Å²) in [6.45, 7) is 1.96. The van der Waals surface area contributed by atoms with Gasteiger partial charge in [-0.05, 0) is 47.5 Å².